The number of alkyl carbamates (subject to hydrolysis) is 1. The summed E-state index contributed by atoms with van der Waals surface area (Å²) in [6.45, 7) is 9.95. The van der Waals surface area contributed by atoms with Gasteiger partial charge in [0.25, 0.3) is 0 Å². The predicted octanol–water partition coefficient (Wildman–Crippen LogP) is 4.78. The fraction of sp³-hybridized carbons (Fsp3) is 0.481. The number of ether oxygens (including phenoxy) is 2. The van der Waals surface area contributed by atoms with Crippen molar-refractivity contribution in [3.63, 3.8) is 0 Å². The van der Waals surface area contributed by atoms with E-state index in [0.29, 0.717) is 13.0 Å². The number of aliphatic hydroxyl groups is 1. The van der Waals surface area contributed by atoms with E-state index >= 15 is 0 Å². The standard InChI is InChI=1S/C27H38N2O5/c1-20(2)17-29(26(32)34-27(3,4)5)18-24(30)23(16-21-12-8-6-9-13-21)28-25(31)33-19-22-14-10-7-11-15-22/h6-15,20,23-24,30H,16-19H2,1-5H3,(H,28,31)/t23-,24+/m0/s1. The second kappa shape index (κ2) is 13.0. The number of hydrogen-bond acceptors (Lipinski definition) is 5. The molecule has 0 fully saturated rings. The lowest BCUT2D eigenvalue weighted by molar-refractivity contribution is 0.00758. The zero-order valence-electron chi connectivity index (χ0n) is 20.9. The van der Waals surface area contributed by atoms with E-state index in [4.69, 9.17) is 9.47 Å². The molecule has 7 nitrogen and oxygen atoms in total. The van der Waals surface area contributed by atoms with Crippen LogP contribution in [-0.4, -0.2) is 53.0 Å². The van der Waals surface area contributed by atoms with Gasteiger partial charge in [0.2, 0.25) is 0 Å². The number of aliphatic hydroxyl groups excluding tert-OH is 1. The van der Waals surface area contributed by atoms with Gasteiger partial charge in [-0.2, -0.15) is 0 Å². The van der Waals surface area contributed by atoms with Crippen molar-refractivity contribution < 1.29 is 24.2 Å². The normalized spacial score (nSPS) is 13.1. The zero-order valence-corrected chi connectivity index (χ0v) is 20.9. The highest BCUT2D eigenvalue weighted by atomic mass is 16.6. The van der Waals surface area contributed by atoms with E-state index in [1.54, 1.807) is 20.8 Å². The Bertz CT molecular complexity index is 881. The third-order valence-electron chi connectivity index (χ3n) is 4.92. The summed E-state index contributed by atoms with van der Waals surface area (Å²) in [6.07, 6.45) is -1.77. The van der Waals surface area contributed by atoms with Crippen LogP contribution < -0.4 is 5.32 Å². The monoisotopic (exact) mass is 470 g/mol. The van der Waals surface area contributed by atoms with Crippen LogP contribution in [0.3, 0.4) is 0 Å². The summed E-state index contributed by atoms with van der Waals surface area (Å²) in [7, 11) is 0. The number of benzene rings is 2. The van der Waals surface area contributed by atoms with Gasteiger partial charge in [0.15, 0.2) is 0 Å². The average molecular weight is 471 g/mol. The number of carbonyl (C=O) groups excluding carboxylic acids is 2. The molecule has 2 N–H and O–H groups in total. The molecule has 0 aliphatic carbocycles. The molecule has 2 aromatic rings. The molecule has 0 aliphatic heterocycles. The Morgan fingerprint density at radius 3 is 2.03 bits per heavy atom. The molecule has 0 heterocycles. The van der Waals surface area contributed by atoms with Gasteiger partial charge < -0.3 is 24.8 Å². The molecule has 0 aliphatic rings. The maximum atomic E-state index is 12.8. The molecular formula is C27H38N2O5. The third-order valence-corrected chi connectivity index (χ3v) is 4.92. The minimum atomic E-state index is -1.03. The lowest BCUT2D eigenvalue weighted by atomic mass is 10.0. The van der Waals surface area contributed by atoms with Crippen molar-refractivity contribution in [3.05, 3.63) is 71.8 Å². The Kier molecular flexibility index (Phi) is 10.4. The maximum Gasteiger partial charge on any atom is 0.410 e. The van der Waals surface area contributed by atoms with Gasteiger partial charge >= 0.3 is 12.2 Å². The Morgan fingerprint density at radius 2 is 1.50 bits per heavy atom. The van der Waals surface area contributed by atoms with E-state index in [0.717, 1.165) is 11.1 Å². The summed E-state index contributed by atoms with van der Waals surface area (Å²) in [5.41, 5.74) is 1.16. The summed E-state index contributed by atoms with van der Waals surface area (Å²) in [6, 6.07) is 18.3. The first-order valence-electron chi connectivity index (χ1n) is 11.7. The van der Waals surface area contributed by atoms with Gasteiger partial charge in [-0.05, 0) is 44.2 Å². The van der Waals surface area contributed by atoms with E-state index in [-0.39, 0.29) is 19.1 Å². The molecule has 0 saturated heterocycles. The highest BCUT2D eigenvalue weighted by molar-refractivity contribution is 5.69. The largest absolute Gasteiger partial charge is 0.445 e. The topological polar surface area (TPSA) is 88.1 Å². The van der Waals surface area contributed by atoms with Crippen LogP contribution in [0.25, 0.3) is 0 Å². The lowest BCUT2D eigenvalue weighted by Crippen LogP contribution is -2.51. The number of rotatable bonds is 10. The minimum absolute atomic E-state index is 0.0174. The molecule has 186 valence electrons. The van der Waals surface area contributed by atoms with Crippen LogP contribution in [0.1, 0.15) is 45.7 Å². The molecule has 0 saturated carbocycles. The second-order valence-corrected chi connectivity index (χ2v) is 9.85. The molecule has 0 aromatic heterocycles. The molecule has 2 rings (SSSR count). The highest BCUT2D eigenvalue weighted by Gasteiger charge is 2.29. The Hall–Kier alpha value is -3.06. The van der Waals surface area contributed by atoms with Crippen LogP contribution in [0.2, 0.25) is 0 Å². The van der Waals surface area contributed by atoms with Crippen molar-refractivity contribution in [1.82, 2.24) is 10.2 Å². The molecule has 0 bridgehead atoms. The highest BCUT2D eigenvalue weighted by Crippen LogP contribution is 2.14. The van der Waals surface area contributed by atoms with Crippen LogP contribution in [0.4, 0.5) is 9.59 Å². The molecule has 0 spiro atoms. The SMILES string of the molecule is CC(C)CN(C[C@@H](O)[C@H](Cc1ccccc1)NC(=O)OCc1ccccc1)C(=O)OC(C)(C)C. The van der Waals surface area contributed by atoms with Gasteiger partial charge in [-0.15, -0.1) is 0 Å². The Labute approximate surface area is 203 Å². The van der Waals surface area contributed by atoms with Gasteiger partial charge in [-0.1, -0.05) is 74.5 Å². The summed E-state index contributed by atoms with van der Waals surface area (Å²) in [5, 5.41) is 13.9. The first-order chi connectivity index (χ1) is 16.0. The quantitative estimate of drug-likeness (QED) is 0.522. The molecule has 2 amide bonds. The van der Waals surface area contributed by atoms with Crippen molar-refractivity contribution in [2.75, 3.05) is 13.1 Å². The number of nitrogens with zero attached hydrogens (tertiary/aromatic N) is 1. The summed E-state index contributed by atoms with van der Waals surface area (Å²) >= 11 is 0. The number of hydrogen-bond donors (Lipinski definition) is 2. The number of amides is 2. The van der Waals surface area contributed by atoms with Gasteiger partial charge in [-0.25, -0.2) is 9.59 Å². The van der Waals surface area contributed by atoms with E-state index in [9.17, 15) is 14.7 Å². The second-order valence-electron chi connectivity index (χ2n) is 9.85. The Morgan fingerprint density at radius 1 is 0.941 bits per heavy atom. The first-order valence-corrected chi connectivity index (χ1v) is 11.7. The molecule has 34 heavy (non-hydrogen) atoms. The average Bonchev–Trinajstić information content (AvgIpc) is 2.76. The van der Waals surface area contributed by atoms with Crippen molar-refractivity contribution in [3.8, 4) is 0 Å². The fourth-order valence-electron chi connectivity index (χ4n) is 3.41. The zero-order chi connectivity index (χ0) is 25.1. The molecular weight excluding hydrogens is 432 g/mol. The smallest absolute Gasteiger partial charge is 0.410 e. The number of carbonyl (C=O) groups is 2. The number of nitrogens with one attached hydrogen (secondary N) is 1. The minimum Gasteiger partial charge on any atom is -0.445 e. The molecule has 7 heteroatoms. The molecule has 0 unspecified atom stereocenters. The van der Waals surface area contributed by atoms with E-state index < -0.39 is 29.9 Å². The summed E-state index contributed by atoms with van der Waals surface area (Å²) in [4.78, 5) is 26.8. The lowest BCUT2D eigenvalue weighted by Gasteiger charge is -2.32. The van der Waals surface area contributed by atoms with Crippen LogP contribution in [-0.2, 0) is 22.5 Å². The van der Waals surface area contributed by atoms with Crippen LogP contribution in [0.5, 0.6) is 0 Å². The Balaban J connectivity index is 2.11. The predicted molar refractivity (Wildman–Crippen MR) is 132 cm³/mol. The van der Waals surface area contributed by atoms with Crippen molar-refractivity contribution in [2.45, 2.75) is 65.4 Å². The van der Waals surface area contributed by atoms with Crippen molar-refractivity contribution in [2.24, 2.45) is 5.92 Å². The van der Waals surface area contributed by atoms with E-state index in [1.807, 2.05) is 74.5 Å². The van der Waals surface area contributed by atoms with Gasteiger partial charge in [0, 0.05) is 6.54 Å². The summed E-state index contributed by atoms with van der Waals surface area (Å²) in [5.74, 6) is 0.177. The van der Waals surface area contributed by atoms with Crippen LogP contribution in [0.15, 0.2) is 60.7 Å². The molecule has 0 radical (unpaired) electrons. The van der Waals surface area contributed by atoms with Gasteiger partial charge in [0.05, 0.1) is 18.7 Å². The fourth-order valence-corrected chi connectivity index (χ4v) is 3.41. The van der Waals surface area contributed by atoms with Crippen LogP contribution in [0, 0.1) is 5.92 Å². The third kappa shape index (κ3) is 10.3. The van der Waals surface area contributed by atoms with Crippen LogP contribution >= 0.6 is 0 Å². The van der Waals surface area contributed by atoms with Crippen molar-refractivity contribution >= 4 is 12.2 Å². The molecule has 2 atom stereocenters. The van der Waals surface area contributed by atoms with Crippen molar-refractivity contribution in [1.29, 1.82) is 0 Å². The van der Waals surface area contributed by atoms with E-state index in [2.05, 4.69) is 5.32 Å². The van der Waals surface area contributed by atoms with Gasteiger partial charge in [0.1, 0.15) is 12.2 Å². The summed E-state index contributed by atoms with van der Waals surface area (Å²) < 4.78 is 10.9. The molecule has 2 aromatic carbocycles. The van der Waals surface area contributed by atoms with Gasteiger partial charge in [-0.3, -0.25) is 0 Å². The maximum absolute atomic E-state index is 12.8. The van der Waals surface area contributed by atoms with E-state index in [1.165, 1.54) is 4.90 Å². The first kappa shape index (κ1) is 27.2.